The second-order valence-electron chi connectivity index (χ2n) is 6.86. The zero-order valence-corrected chi connectivity index (χ0v) is 16.5. The van der Waals surface area contributed by atoms with E-state index < -0.39 is 17.6 Å². The fourth-order valence-corrected chi connectivity index (χ4v) is 3.42. The Labute approximate surface area is 172 Å². The van der Waals surface area contributed by atoms with Gasteiger partial charge in [-0.1, -0.05) is 0 Å². The van der Waals surface area contributed by atoms with E-state index in [4.69, 9.17) is 9.47 Å². The predicted octanol–water partition coefficient (Wildman–Crippen LogP) is 3.08. The first kappa shape index (κ1) is 19.5. The van der Waals surface area contributed by atoms with Crippen LogP contribution < -0.4 is 20.3 Å². The molecule has 0 atom stereocenters. The van der Waals surface area contributed by atoms with E-state index >= 15 is 0 Å². The molecule has 1 aliphatic heterocycles. The van der Waals surface area contributed by atoms with Crippen LogP contribution in [0.2, 0.25) is 0 Å². The molecule has 0 radical (unpaired) electrons. The maximum Gasteiger partial charge on any atom is 0.271 e. The number of hydrogen-bond donors (Lipinski definition) is 2. The summed E-state index contributed by atoms with van der Waals surface area (Å²) in [5, 5.41) is 0. The van der Waals surface area contributed by atoms with Gasteiger partial charge in [-0.2, -0.15) is 0 Å². The molecular weight excluding hydrogens is 389 g/mol. The molecule has 2 amide bonds. The van der Waals surface area contributed by atoms with Gasteiger partial charge < -0.3 is 14.0 Å². The average Bonchev–Trinajstić information content (AvgIpc) is 3.06. The maximum absolute atomic E-state index is 13.0. The zero-order valence-electron chi connectivity index (χ0n) is 16.5. The Bertz CT molecular complexity index is 1120. The first-order valence-electron chi connectivity index (χ1n) is 9.39. The Morgan fingerprint density at radius 3 is 2.30 bits per heavy atom. The normalized spacial score (nSPS) is 12.4. The molecule has 0 saturated carbocycles. The fraction of sp³-hybridized carbons (Fsp3) is 0.182. The van der Waals surface area contributed by atoms with Crippen LogP contribution >= 0.6 is 0 Å². The Hall–Kier alpha value is -3.81. The van der Waals surface area contributed by atoms with Crippen molar-refractivity contribution in [1.29, 1.82) is 0 Å². The van der Waals surface area contributed by atoms with E-state index in [1.54, 1.807) is 6.07 Å². The quantitative estimate of drug-likeness (QED) is 0.652. The zero-order chi connectivity index (χ0) is 21.3. The van der Waals surface area contributed by atoms with Crippen LogP contribution in [0.3, 0.4) is 0 Å². The van der Waals surface area contributed by atoms with Crippen LogP contribution in [0.1, 0.15) is 32.1 Å². The molecule has 0 bridgehead atoms. The van der Waals surface area contributed by atoms with Crippen molar-refractivity contribution in [2.24, 2.45) is 0 Å². The van der Waals surface area contributed by atoms with Gasteiger partial charge in [-0.25, -0.2) is 4.39 Å². The van der Waals surface area contributed by atoms with Crippen molar-refractivity contribution in [3.05, 3.63) is 76.9 Å². The maximum atomic E-state index is 13.0. The molecule has 0 aliphatic carbocycles. The molecule has 0 fully saturated rings. The topological polar surface area (TPSA) is 81.6 Å². The lowest BCUT2D eigenvalue weighted by atomic mass is 10.2. The molecule has 4 rings (SSSR count). The Morgan fingerprint density at radius 2 is 1.57 bits per heavy atom. The summed E-state index contributed by atoms with van der Waals surface area (Å²) in [6, 6.07) is 12.4. The van der Waals surface area contributed by atoms with Gasteiger partial charge in [0.1, 0.15) is 19.0 Å². The van der Waals surface area contributed by atoms with E-state index in [0.717, 1.165) is 11.4 Å². The van der Waals surface area contributed by atoms with Crippen LogP contribution in [-0.2, 0) is 0 Å². The molecule has 0 unspecified atom stereocenters. The van der Waals surface area contributed by atoms with Gasteiger partial charge in [-0.15, -0.1) is 0 Å². The molecule has 2 N–H and O–H groups in total. The van der Waals surface area contributed by atoms with Gasteiger partial charge in [0, 0.05) is 28.7 Å². The highest BCUT2D eigenvalue weighted by molar-refractivity contribution is 5.99. The third-order valence-corrected chi connectivity index (χ3v) is 4.86. The summed E-state index contributed by atoms with van der Waals surface area (Å²) in [4.78, 5) is 24.8. The molecule has 0 spiro atoms. The van der Waals surface area contributed by atoms with Gasteiger partial charge in [0.15, 0.2) is 11.5 Å². The van der Waals surface area contributed by atoms with Crippen molar-refractivity contribution >= 4 is 11.8 Å². The number of amides is 2. The summed E-state index contributed by atoms with van der Waals surface area (Å²) in [5.41, 5.74) is 7.79. The molecular formula is C22H20FN3O4. The summed E-state index contributed by atoms with van der Waals surface area (Å²) >= 11 is 0. The smallest absolute Gasteiger partial charge is 0.271 e. The number of carbonyl (C=O) groups excluding carboxylic acids is 2. The molecule has 7 nitrogen and oxygen atoms in total. The summed E-state index contributed by atoms with van der Waals surface area (Å²) < 4.78 is 26.1. The lowest BCUT2D eigenvalue weighted by Gasteiger charge is -2.20. The second kappa shape index (κ2) is 7.90. The van der Waals surface area contributed by atoms with Crippen LogP contribution in [0.4, 0.5) is 4.39 Å². The minimum atomic E-state index is -0.538. The number of nitrogens with zero attached hydrogens (tertiary/aromatic N) is 1. The van der Waals surface area contributed by atoms with E-state index in [9.17, 15) is 14.0 Å². The molecule has 0 saturated heterocycles. The number of hydrogen-bond acceptors (Lipinski definition) is 4. The fourth-order valence-electron chi connectivity index (χ4n) is 3.42. The van der Waals surface area contributed by atoms with Gasteiger partial charge >= 0.3 is 0 Å². The van der Waals surface area contributed by atoms with Gasteiger partial charge in [0.25, 0.3) is 11.8 Å². The first-order chi connectivity index (χ1) is 14.4. The van der Waals surface area contributed by atoms with E-state index in [0.29, 0.717) is 36.0 Å². The number of rotatable bonds is 3. The number of benzene rings is 2. The van der Waals surface area contributed by atoms with Crippen LogP contribution in [0.25, 0.3) is 5.69 Å². The van der Waals surface area contributed by atoms with Crippen LogP contribution in [0.15, 0.2) is 48.5 Å². The van der Waals surface area contributed by atoms with Crippen LogP contribution in [-0.4, -0.2) is 29.6 Å². The highest BCUT2D eigenvalue weighted by Gasteiger charge is 2.19. The molecule has 2 aromatic carbocycles. The Morgan fingerprint density at radius 1 is 0.900 bits per heavy atom. The minimum Gasteiger partial charge on any atom is -0.486 e. The standard InChI is InChI=1S/C22H20FN3O4/c1-13-11-18(22(28)25-24-21(27)15-3-5-16(23)6-4-15)14(2)26(13)17-7-8-19-20(12-17)30-10-9-29-19/h3-8,11-12H,9-10H2,1-2H3,(H,24,27)(H,25,28). The van der Waals surface area contributed by atoms with Gasteiger partial charge in [-0.05, 0) is 56.3 Å². The van der Waals surface area contributed by atoms with Crippen LogP contribution in [0, 0.1) is 19.7 Å². The minimum absolute atomic E-state index is 0.235. The number of aromatic nitrogens is 1. The molecule has 1 aromatic heterocycles. The monoisotopic (exact) mass is 409 g/mol. The van der Waals surface area contributed by atoms with E-state index in [2.05, 4.69) is 10.9 Å². The summed E-state index contributed by atoms with van der Waals surface area (Å²) in [5.74, 6) is -0.0914. The van der Waals surface area contributed by atoms with Gasteiger partial charge in [-0.3, -0.25) is 20.4 Å². The number of ether oxygens (including phenoxy) is 2. The number of nitrogens with one attached hydrogen (secondary N) is 2. The lowest BCUT2D eigenvalue weighted by Crippen LogP contribution is -2.41. The van der Waals surface area contributed by atoms with Crippen molar-refractivity contribution in [2.75, 3.05) is 13.2 Å². The predicted molar refractivity (Wildman–Crippen MR) is 108 cm³/mol. The first-order valence-corrected chi connectivity index (χ1v) is 9.39. The van der Waals surface area contributed by atoms with Crippen LogP contribution in [0.5, 0.6) is 11.5 Å². The van der Waals surface area contributed by atoms with Crippen molar-refractivity contribution in [3.8, 4) is 17.2 Å². The third-order valence-electron chi connectivity index (χ3n) is 4.86. The second-order valence-corrected chi connectivity index (χ2v) is 6.86. The van der Waals surface area contributed by atoms with Gasteiger partial charge in [0.05, 0.1) is 5.56 Å². The van der Waals surface area contributed by atoms with E-state index in [-0.39, 0.29) is 5.56 Å². The molecule has 3 aromatic rings. The van der Waals surface area contributed by atoms with E-state index in [1.165, 1.54) is 24.3 Å². The molecule has 8 heteroatoms. The number of aryl methyl sites for hydroxylation is 1. The molecule has 154 valence electrons. The SMILES string of the molecule is Cc1cc(C(=O)NNC(=O)c2ccc(F)cc2)c(C)n1-c1ccc2c(c1)OCCO2. The lowest BCUT2D eigenvalue weighted by molar-refractivity contribution is 0.0846. The van der Waals surface area contributed by atoms with Gasteiger partial charge in [0.2, 0.25) is 0 Å². The largest absolute Gasteiger partial charge is 0.486 e. The summed E-state index contributed by atoms with van der Waals surface area (Å²) in [6.45, 7) is 4.71. The number of halogens is 1. The average molecular weight is 409 g/mol. The molecule has 1 aliphatic rings. The third kappa shape index (κ3) is 3.71. The van der Waals surface area contributed by atoms with Crippen molar-refractivity contribution in [1.82, 2.24) is 15.4 Å². The Balaban J connectivity index is 1.52. The molecule has 2 heterocycles. The van der Waals surface area contributed by atoms with E-state index in [1.807, 2.05) is 36.6 Å². The Kier molecular flexibility index (Phi) is 5.14. The number of fused-ring (bicyclic) bond motifs is 1. The summed E-state index contributed by atoms with van der Waals surface area (Å²) in [6.07, 6.45) is 0. The van der Waals surface area contributed by atoms with Crippen molar-refractivity contribution < 1.29 is 23.5 Å². The number of hydrazine groups is 1. The van der Waals surface area contributed by atoms with Crippen molar-refractivity contribution in [3.63, 3.8) is 0 Å². The summed E-state index contributed by atoms with van der Waals surface area (Å²) in [7, 11) is 0. The molecule has 30 heavy (non-hydrogen) atoms. The highest BCUT2D eigenvalue weighted by atomic mass is 19.1. The van der Waals surface area contributed by atoms with Crippen molar-refractivity contribution in [2.45, 2.75) is 13.8 Å². The number of carbonyl (C=O) groups is 2. The highest BCUT2D eigenvalue weighted by Crippen LogP contribution is 2.33.